The lowest BCUT2D eigenvalue weighted by atomic mass is 10.0. The van der Waals surface area contributed by atoms with Gasteiger partial charge in [0, 0.05) is 6.04 Å². The zero-order valence-electron chi connectivity index (χ0n) is 12.3. The summed E-state index contributed by atoms with van der Waals surface area (Å²) >= 11 is 0. The van der Waals surface area contributed by atoms with Gasteiger partial charge in [0.05, 0.1) is 23.5 Å². The van der Waals surface area contributed by atoms with Crippen molar-refractivity contribution in [1.82, 2.24) is 0 Å². The minimum Gasteiger partial charge on any atom is -0.462 e. The van der Waals surface area contributed by atoms with Crippen molar-refractivity contribution < 1.29 is 9.53 Å². The molecule has 4 rings (SSSR count). The number of hydrogen-bond donors (Lipinski definition) is 2. The van der Waals surface area contributed by atoms with Crippen LogP contribution < -0.4 is 11.1 Å². The summed E-state index contributed by atoms with van der Waals surface area (Å²) in [5.74, 6) is 3.11. The molecule has 4 unspecified atom stereocenters. The Bertz CT molecular complexity index is 570. The van der Waals surface area contributed by atoms with Gasteiger partial charge in [-0.25, -0.2) is 4.79 Å². The van der Waals surface area contributed by atoms with Crippen molar-refractivity contribution in [2.45, 2.75) is 32.2 Å². The fraction of sp³-hybridized carbons (Fsp3) is 0.588. The van der Waals surface area contributed by atoms with E-state index < -0.39 is 0 Å². The van der Waals surface area contributed by atoms with Gasteiger partial charge in [0.25, 0.3) is 0 Å². The molecule has 0 heterocycles. The van der Waals surface area contributed by atoms with Crippen LogP contribution in [-0.4, -0.2) is 18.6 Å². The predicted octanol–water partition coefficient (Wildman–Crippen LogP) is 2.90. The first-order valence-corrected chi connectivity index (χ1v) is 8.03. The third-order valence-electron chi connectivity index (χ3n) is 5.64. The molecular formula is C17H22N2O2. The highest BCUT2D eigenvalue weighted by Crippen LogP contribution is 2.66. The van der Waals surface area contributed by atoms with Crippen molar-refractivity contribution in [1.29, 1.82) is 0 Å². The van der Waals surface area contributed by atoms with E-state index in [0.717, 1.165) is 29.4 Å². The quantitative estimate of drug-likeness (QED) is 0.660. The Morgan fingerprint density at radius 2 is 2.05 bits per heavy atom. The summed E-state index contributed by atoms with van der Waals surface area (Å²) in [6.45, 7) is 2.20. The predicted molar refractivity (Wildman–Crippen MR) is 82.0 cm³/mol. The molecule has 21 heavy (non-hydrogen) atoms. The Morgan fingerprint density at radius 1 is 1.33 bits per heavy atom. The van der Waals surface area contributed by atoms with Crippen LogP contribution in [0.25, 0.3) is 0 Å². The number of nitrogens with one attached hydrogen (secondary N) is 1. The molecule has 3 saturated carbocycles. The second kappa shape index (κ2) is 4.65. The highest BCUT2D eigenvalue weighted by atomic mass is 16.5. The number of nitrogens with two attached hydrogens (primary N) is 1. The standard InChI is InChI=1S/C17H22N2O2/c1-2-21-17(20)11-4-3-5-12(18)15(11)19-16-13-9-6-7-10(8-9)14(13)16/h3-5,9-10,13-14,16,19H,2,6-8,18H2,1H3. The van der Waals surface area contributed by atoms with Crippen LogP contribution >= 0.6 is 0 Å². The average molecular weight is 286 g/mol. The number of anilines is 2. The summed E-state index contributed by atoms with van der Waals surface area (Å²) in [5.41, 5.74) is 8.07. The lowest BCUT2D eigenvalue weighted by Crippen LogP contribution is -2.17. The maximum atomic E-state index is 12.1. The van der Waals surface area contributed by atoms with Crippen LogP contribution in [0.2, 0.25) is 0 Å². The van der Waals surface area contributed by atoms with E-state index in [1.807, 2.05) is 19.1 Å². The molecule has 1 aromatic rings. The Labute approximate surface area is 125 Å². The highest BCUT2D eigenvalue weighted by molar-refractivity contribution is 5.99. The normalized spacial score (nSPS) is 35.4. The van der Waals surface area contributed by atoms with E-state index in [9.17, 15) is 4.79 Å². The third kappa shape index (κ3) is 1.92. The van der Waals surface area contributed by atoms with E-state index in [4.69, 9.17) is 10.5 Å². The lowest BCUT2D eigenvalue weighted by Gasteiger charge is -2.16. The van der Waals surface area contributed by atoms with Crippen molar-refractivity contribution in [3.8, 4) is 0 Å². The smallest absolute Gasteiger partial charge is 0.340 e. The van der Waals surface area contributed by atoms with Gasteiger partial charge < -0.3 is 15.8 Å². The van der Waals surface area contributed by atoms with Crippen molar-refractivity contribution in [3.63, 3.8) is 0 Å². The van der Waals surface area contributed by atoms with Gasteiger partial charge in [-0.15, -0.1) is 0 Å². The van der Waals surface area contributed by atoms with Gasteiger partial charge in [-0.2, -0.15) is 0 Å². The zero-order chi connectivity index (χ0) is 14.6. The van der Waals surface area contributed by atoms with E-state index in [-0.39, 0.29) is 5.97 Å². The number of ether oxygens (including phenoxy) is 1. The number of rotatable bonds is 4. The van der Waals surface area contributed by atoms with Crippen LogP contribution in [0.3, 0.4) is 0 Å². The molecule has 0 spiro atoms. The molecule has 0 amide bonds. The summed E-state index contributed by atoms with van der Waals surface area (Å²) in [6, 6.07) is 5.96. The average Bonchev–Trinajstić information content (AvgIpc) is 2.86. The summed E-state index contributed by atoms with van der Waals surface area (Å²) < 4.78 is 5.14. The fourth-order valence-corrected chi connectivity index (χ4v) is 4.80. The monoisotopic (exact) mass is 286 g/mol. The van der Waals surface area contributed by atoms with E-state index in [2.05, 4.69) is 5.32 Å². The van der Waals surface area contributed by atoms with Crippen molar-refractivity contribution >= 4 is 17.3 Å². The topological polar surface area (TPSA) is 64.3 Å². The van der Waals surface area contributed by atoms with Crippen molar-refractivity contribution in [2.75, 3.05) is 17.7 Å². The Hall–Kier alpha value is -1.71. The molecule has 0 saturated heterocycles. The highest BCUT2D eigenvalue weighted by Gasteiger charge is 2.65. The number of hydrogen-bond acceptors (Lipinski definition) is 4. The fourth-order valence-electron chi connectivity index (χ4n) is 4.80. The van der Waals surface area contributed by atoms with E-state index >= 15 is 0 Å². The minimum atomic E-state index is -0.291. The number of fused-ring (bicyclic) bond motifs is 5. The Balaban J connectivity index is 1.57. The third-order valence-corrected chi connectivity index (χ3v) is 5.64. The van der Waals surface area contributed by atoms with Gasteiger partial charge in [0.15, 0.2) is 0 Å². The second-order valence-corrected chi connectivity index (χ2v) is 6.65. The molecule has 0 aliphatic heterocycles. The number of esters is 1. The van der Waals surface area contributed by atoms with Gasteiger partial charge in [0.1, 0.15) is 0 Å². The first-order valence-electron chi connectivity index (χ1n) is 8.03. The molecule has 3 N–H and O–H groups in total. The second-order valence-electron chi connectivity index (χ2n) is 6.65. The van der Waals surface area contributed by atoms with Gasteiger partial charge in [-0.05, 0) is 62.0 Å². The van der Waals surface area contributed by atoms with Gasteiger partial charge in [-0.1, -0.05) is 6.07 Å². The van der Waals surface area contributed by atoms with Crippen LogP contribution in [-0.2, 0) is 4.74 Å². The molecule has 4 nitrogen and oxygen atoms in total. The Kier molecular flexibility index (Phi) is 2.88. The van der Waals surface area contributed by atoms with Crippen LogP contribution in [0, 0.1) is 23.7 Å². The molecule has 0 aromatic heterocycles. The van der Waals surface area contributed by atoms with Crippen LogP contribution in [0.4, 0.5) is 11.4 Å². The molecule has 3 fully saturated rings. The molecule has 3 aliphatic rings. The molecule has 4 atom stereocenters. The molecule has 1 aromatic carbocycles. The largest absolute Gasteiger partial charge is 0.462 e. The molecule has 112 valence electrons. The molecule has 0 radical (unpaired) electrons. The van der Waals surface area contributed by atoms with E-state index in [1.165, 1.54) is 19.3 Å². The number of nitrogen functional groups attached to an aromatic ring is 1. The summed E-state index contributed by atoms with van der Waals surface area (Å²) in [7, 11) is 0. The number of benzene rings is 1. The van der Waals surface area contributed by atoms with E-state index in [1.54, 1.807) is 6.07 Å². The molecular weight excluding hydrogens is 264 g/mol. The Morgan fingerprint density at radius 3 is 2.71 bits per heavy atom. The first-order chi connectivity index (χ1) is 10.2. The summed E-state index contributed by atoms with van der Waals surface area (Å²) in [5, 5.41) is 3.57. The summed E-state index contributed by atoms with van der Waals surface area (Å²) in [4.78, 5) is 12.1. The molecule has 3 aliphatic carbocycles. The van der Waals surface area contributed by atoms with Crippen LogP contribution in [0.5, 0.6) is 0 Å². The number of carbonyl (C=O) groups excluding carboxylic acids is 1. The molecule has 2 bridgehead atoms. The SMILES string of the molecule is CCOC(=O)c1cccc(N)c1NC1C2C3CCC(C3)C12. The van der Waals surface area contributed by atoms with Gasteiger partial charge in [0.2, 0.25) is 0 Å². The first kappa shape index (κ1) is 13.0. The van der Waals surface area contributed by atoms with Crippen LogP contribution in [0.15, 0.2) is 18.2 Å². The minimum absolute atomic E-state index is 0.291. The number of para-hydroxylation sites is 1. The molecule has 4 heteroatoms. The van der Waals surface area contributed by atoms with Crippen molar-refractivity contribution in [3.05, 3.63) is 23.8 Å². The number of carbonyl (C=O) groups is 1. The van der Waals surface area contributed by atoms with Crippen molar-refractivity contribution in [2.24, 2.45) is 23.7 Å². The summed E-state index contributed by atoms with van der Waals surface area (Å²) in [6.07, 6.45) is 4.19. The zero-order valence-corrected chi connectivity index (χ0v) is 12.3. The van der Waals surface area contributed by atoms with Gasteiger partial charge in [-0.3, -0.25) is 0 Å². The maximum Gasteiger partial charge on any atom is 0.340 e. The van der Waals surface area contributed by atoms with Crippen LogP contribution in [0.1, 0.15) is 36.5 Å². The van der Waals surface area contributed by atoms with Gasteiger partial charge >= 0.3 is 5.97 Å². The maximum absolute atomic E-state index is 12.1. The van der Waals surface area contributed by atoms with E-state index in [0.29, 0.717) is 23.9 Å². The lowest BCUT2D eigenvalue weighted by molar-refractivity contribution is 0.0527.